The lowest BCUT2D eigenvalue weighted by atomic mass is 9.70. The van der Waals surface area contributed by atoms with E-state index >= 15 is 0 Å². The van der Waals surface area contributed by atoms with Gasteiger partial charge in [-0.2, -0.15) is 0 Å². The number of hydrogen-bond donors (Lipinski definition) is 0. The highest BCUT2D eigenvalue weighted by Crippen LogP contribution is 2.40. The van der Waals surface area contributed by atoms with Gasteiger partial charge < -0.3 is 14.0 Å². The van der Waals surface area contributed by atoms with E-state index in [4.69, 9.17) is 14.0 Å². The molecule has 0 aliphatic carbocycles. The fraction of sp³-hybridized carbons (Fsp3) is 0.625. The molecule has 1 fully saturated rings. The summed E-state index contributed by atoms with van der Waals surface area (Å²) in [6.45, 7) is 10.5. The van der Waals surface area contributed by atoms with Crippen LogP contribution >= 0.6 is 0 Å². The molecular formula is C16H25BO3. The first-order chi connectivity index (χ1) is 9.25. The molecule has 110 valence electrons. The van der Waals surface area contributed by atoms with Gasteiger partial charge in [0.05, 0.1) is 18.3 Å². The van der Waals surface area contributed by atoms with E-state index in [2.05, 4.69) is 46.8 Å². The predicted molar refractivity (Wildman–Crippen MR) is 82.2 cm³/mol. The number of ether oxygens (including phenoxy) is 1. The molecule has 1 atom stereocenters. The van der Waals surface area contributed by atoms with Crippen LogP contribution in [0.25, 0.3) is 0 Å². The van der Waals surface area contributed by atoms with Crippen molar-refractivity contribution in [2.75, 3.05) is 7.11 Å². The maximum atomic E-state index is 6.10. The predicted octanol–water partition coefficient (Wildman–Crippen LogP) is 3.72. The summed E-state index contributed by atoms with van der Waals surface area (Å²) in [7, 11) is 1.53. The van der Waals surface area contributed by atoms with Crippen LogP contribution in [-0.2, 0) is 15.7 Å². The third-order valence-corrected chi connectivity index (χ3v) is 4.45. The molecule has 0 amide bonds. The zero-order valence-corrected chi connectivity index (χ0v) is 13.4. The summed E-state index contributed by atoms with van der Waals surface area (Å²) in [5.41, 5.74) is 0.755. The maximum Gasteiger partial charge on any atom is 0.461 e. The summed E-state index contributed by atoms with van der Waals surface area (Å²) in [6.07, 6.45) is 0.931. The van der Waals surface area contributed by atoms with Crippen LogP contribution in [-0.4, -0.2) is 25.4 Å². The zero-order valence-electron chi connectivity index (χ0n) is 13.4. The fourth-order valence-corrected chi connectivity index (χ4v) is 2.35. The van der Waals surface area contributed by atoms with E-state index in [0.29, 0.717) is 5.82 Å². The van der Waals surface area contributed by atoms with Crippen molar-refractivity contribution in [2.24, 2.45) is 0 Å². The molecule has 0 spiro atoms. The third-order valence-electron chi connectivity index (χ3n) is 4.45. The van der Waals surface area contributed by atoms with Crippen LogP contribution in [0, 0.1) is 0 Å². The number of benzene rings is 1. The Balaban J connectivity index is 2.00. The average Bonchev–Trinajstić information content (AvgIpc) is 2.59. The Morgan fingerprint density at radius 3 is 2.00 bits per heavy atom. The van der Waals surface area contributed by atoms with E-state index in [1.807, 2.05) is 12.1 Å². The van der Waals surface area contributed by atoms with Gasteiger partial charge in [0, 0.05) is 0 Å². The van der Waals surface area contributed by atoms with Crippen LogP contribution in [0.4, 0.5) is 0 Å². The molecule has 1 saturated heterocycles. The summed E-state index contributed by atoms with van der Waals surface area (Å²) in [4.78, 5) is 0. The molecule has 1 aromatic carbocycles. The fourth-order valence-electron chi connectivity index (χ4n) is 2.35. The standard InChI is InChI=1S/C16H25BO3/c1-12(11-13-7-9-14(18-6)10-8-13)17-19-15(2,3)16(4,5)20-17/h7-10,12H,11H2,1-6H3. The molecule has 20 heavy (non-hydrogen) atoms. The lowest BCUT2D eigenvalue weighted by Gasteiger charge is -2.32. The van der Waals surface area contributed by atoms with Crippen molar-refractivity contribution in [3.05, 3.63) is 29.8 Å². The molecule has 1 aliphatic heterocycles. The van der Waals surface area contributed by atoms with Crippen LogP contribution < -0.4 is 4.74 Å². The smallest absolute Gasteiger partial charge is 0.461 e. The highest BCUT2D eigenvalue weighted by atomic mass is 16.7. The number of methoxy groups -OCH3 is 1. The molecule has 1 unspecified atom stereocenters. The first kappa shape index (κ1) is 15.4. The van der Waals surface area contributed by atoms with E-state index in [9.17, 15) is 0 Å². The Bertz CT molecular complexity index is 437. The second-order valence-corrected chi connectivity index (χ2v) is 6.65. The van der Waals surface area contributed by atoms with Gasteiger partial charge in [-0.15, -0.1) is 0 Å². The van der Waals surface area contributed by atoms with Crippen molar-refractivity contribution < 1.29 is 14.0 Å². The van der Waals surface area contributed by atoms with Gasteiger partial charge >= 0.3 is 7.12 Å². The van der Waals surface area contributed by atoms with Crippen LogP contribution in [0.3, 0.4) is 0 Å². The minimum atomic E-state index is -0.258. The number of rotatable bonds is 4. The molecule has 0 aromatic heterocycles. The molecule has 3 nitrogen and oxygen atoms in total. The summed E-state index contributed by atoms with van der Waals surface area (Å²) in [6, 6.07) is 8.18. The van der Waals surface area contributed by atoms with Crippen LogP contribution in [0.1, 0.15) is 40.2 Å². The van der Waals surface area contributed by atoms with Crippen LogP contribution in [0.2, 0.25) is 5.82 Å². The van der Waals surface area contributed by atoms with Gasteiger partial charge in [0.2, 0.25) is 0 Å². The Morgan fingerprint density at radius 2 is 1.55 bits per heavy atom. The largest absolute Gasteiger partial charge is 0.497 e. The average molecular weight is 276 g/mol. The first-order valence-corrected chi connectivity index (χ1v) is 7.24. The Labute approximate surface area is 122 Å². The molecule has 1 heterocycles. The van der Waals surface area contributed by atoms with Gasteiger partial charge in [0.25, 0.3) is 0 Å². The van der Waals surface area contributed by atoms with Crippen molar-refractivity contribution in [1.29, 1.82) is 0 Å². The van der Waals surface area contributed by atoms with Crippen molar-refractivity contribution >= 4 is 7.12 Å². The Hall–Kier alpha value is -0.995. The third kappa shape index (κ3) is 3.02. The van der Waals surface area contributed by atoms with E-state index in [-0.39, 0.29) is 18.3 Å². The molecule has 0 N–H and O–H groups in total. The summed E-state index contributed by atoms with van der Waals surface area (Å²) in [5.74, 6) is 1.20. The van der Waals surface area contributed by atoms with Crippen molar-refractivity contribution in [3.63, 3.8) is 0 Å². The van der Waals surface area contributed by atoms with Gasteiger partial charge in [-0.1, -0.05) is 19.1 Å². The van der Waals surface area contributed by atoms with Crippen LogP contribution in [0.5, 0.6) is 5.75 Å². The van der Waals surface area contributed by atoms with Crippen molar-refractivity contribution in [2.45, 2.75) is 58.1 Å². The van der Waals surface area contributed by atoms with Crippen LogP contribution in [0.15, 0.2) is 24.3 Å². The van der Waals surface area contributed by atoms with Gasteiger partial charge in [-0.05, 0) is 57.6 Å². The van der Waals surface area contributed by atoms with Gasteiger partial charge in [0.15, 0.2) is 0 Å². The van der Waals surface area contributed by atoms with E-state index < -0.39 is 0 Å². The summed E-state index contributed by atoms with van der Waals surface area (Å²) in [5, 5.41) is 0. The lowest BCUT2D eigenvalue weighted by Crippen LogP contribution is -2.41. The zero-order chi connectivity index (χ0) is 15.0. The quantitative estimate of drug-likeness (QED) is 0.784. The molecular weight excluding hydrogens is 251 g/mol. The molecule has 1 aliphatic rings. The molecule has 4 heteroatoms. The summed E-state index contributed by atoms with van der Waals surface area (Å²) < 4.78 is 17.4. The monoisotopic (exact) mass is 276 g/mol. The highest BCUT2D eigenvalue weighted by molar-refractivity contribution is 6.47. The SMILES string of the molecule is COc1ccc(CC(C)B2OC(C)(C)C(C)(C)O2)cc1. The van der Waals surface area contributed by atoms with E-state index in [1.54, 1.807) is 7.11 Å². The first-order valence-electron chi connectivity index (χ1n) is 7.24. The molecule has 0 saturated carbocycles. The second-order valence-electron chi connectivity index (χ2n) is 6.65. The van der Waals surface area contributed by atoms with E-state index in [1.165, 1.54) is 5.56 Å². The van der Waals surface area contributed by atoms with Gasteiger partial charge in [-0.3, -0.25) is 0 Å². The maximum absolute atomic E-state index is 6.10. The van der Waals surface area contributed by atoms with Crippen molar-refractivity contribution in [1.82, 2.24) is 0 Å². The summed E-state index contributed by atoms with van der Waals surface area (Å²) >= 11 is 0. The minimum Gasteiger partial charge on any atom is -0.497 e. The van der Waals surface area contributed by atoms with Gasteiger partial charge in [-0.25, -0.2) is 0 Å². The Morgan fingerprint density at radius 1 is 1.05 bits per heavy atom. The molecule has 2 rings (SSSR count). The topological polar surface area (TPSA) is 27.7 Å². The van der Waals surface area contributed by atoms with Crippen molar-refractivity contribution in [3.8, 4) is 5.75 Å². The molecule has 0 bridgehead atoms. The normalized spacial score (nSPS) is 21.8. The van der Waals surface area contributed by atoms with Gasteiger partial charge in [0.1, 0.15) is 5.75 Å². The lowest BCUT2D eigenvalue weighted by molar-refractivity contribution is 0.00578. The second kappa shape index (κ2) is 5.42. The molecule has 0 radical (unpaired) electrons. The van der Waals surface area contributed by atoms with E-state index in [0.717, 1.165) is 12.2 Å². The molecule has 1 aromatic rings. The number of hydrogen-bond acceptors (Lipinski definition) is 3. The highest BCUT2D eigenvalue weighted by Gasteiger charge is 2.52. The minimum absolute atomic E-state index is 0.151. The Kier molecular flexibility index (Phi) is 4.17.